The van der Waals surface area contributed by atoms with E-state index in [2.05, 4.69) is 4.72 Å². The standard InChI is InChI=1S/C15H16N2O5S2/c1-23-13-6-2-11(3-7-13)15(18)10-16-24(21,22)14-8-4-12(5-9-14)17(19)20/h2-9,15-16,18H,10H2,1H3. The van der Waals surface area contributed by atoms with Gasteiger partial charge in [-0.05, 0) is 36.1 Å². The number of hydrogen-bond acceptors (Lipinski definition) is 6. The van der Waals surface area contributed by atoms with E-state index in [4.69, 9.17) is 0 Å². The highest BCUT2D eigenvalue weighted by molar-refractivity contribution is 7.98. The second-order valence-corrected chi connectivity index (χ2v) is 7.54. The zero-order valence-corrected chi connectivity index (χ0v) is 14.4. The van der Waals surface area contributed by atoms with Crippen LogP contribution >= 0.6 is 11.8 Å². The van der Waals surface area contributed by atoms with Gasteiger partial charge in [0.25, 0.3) is 5.69 Å². The highest BCUT2D eigenvalue weighted by atomic mass is 32.2. The second kappa shape index (κ2) is 7.75. The van der Waals surface area contributed by atoms with Crippen LogP contribution in [0.2, 0.25) is 0 Å². The molecule has 0 aliphatic rings. The lowest BCUT2D eigenvalue weighted by atomic mass is 10.1. The summed E-state index contributed by atoms with van der Waals surface area (Å²) in [6, 6.07) is 11.7. The third-order valence-electron chi connectivity index (χ3n) is 3.33. The van der Waals surface area contributed by atoms with Crippen LogP contribution in [0.1, 0.15) is 11.7 Å². The summed E-state index contributed by atoms with van der Waals surface area (Å²) in [4.78, 5) is 10.9. The van der Waals surface area contributed by atoms with Gasteiger partial charge in [-0.2, -0.15) is 0 Å². The van der Waals surface area contributed by atoms with Crippen molar-refractivity contribution in [1.82, 2.24) is 4.72 Å². The minimum atomic E-state index is -3.86. The largest absolute Gasteiger partial charge is 0.387 e. The lowest BCUT2D eigenvalue weighted by Gasteiger charge is -2.13. The first-order valence-electron chi connectivity index (χ1n) is 6.89. The first kappa shape index (κ1) is 18.4. The SMILES string of the molecule is CSc1ccc(C(O)CNS(=O)(=O)c2ccc([N+](=O)[O-])cc2)cc1. The van der Waals surface area contributed by atoms with E-state index in [0.29, 0.717) is 5.56 Å². The number of non-ortho nitro benzene ring substituents is 1. The molecule has 0 heterocycles. The molecular weight excluding hydrogens is 352 g/mol. The summed E-state index contributed by atoms with van der Waals surface area (Å²) in [5.41, 5.74) is 0.405. The molecule has 24 heavy (non-hydrogen) atoms. The molecule has 2 aromatic rings. The summed E-state index contributed by atoms with van der Waals surface area (Å²) in [6.45, 7) is -0.196. The Balaban J connectivity index is 2.04. The van der Waals surface area contributed by atoms with E-state index in [1.807, 2.05) is 18.4 Å². The Labute approximate surface area is 143 Å². The van der Waals surface area contributed by atoms with Crippen LogP contribution in [0.3, 0.4) is 0 Å². The van der Waals surface area contributed by atoms with Crippen molar-refractivity contribution in [2.24, 2.45) is 0 Å². The number of sulfonamides is 1. The number of rotatable bonds is 7. The Morgan fingerprint density at radius 3 is 2.25 bits per heavy atom. The predicted octanol–water partition coefficient (Wildman–Crippen LogP) is 2.33. The molecule has 1 unspecified atom stereocenters. The fourth-order valence-corrected chi connectivity index (χ4v) is 3.41. The van der Waals surface area contributed by atoms with E-state index >= 15 is 0 Å². The average molecular weight is 368 g/mol. The molecule has 0 bridgehead atoms. The Hall–Kier alpha value is -1.94. The molecule has 2 aromatic carbocycles. The lowest BCUT2D eigenvalue weighted by Crippen LogP contribution is -2.28. The molecule has 2 rings (SSSR count). The van der Waals surface area contributed by atoms with Crippen LogP contribution in [0.25, 0.3) is 0 Å². The van der Waals surface area contributed by atoms with Gasteiger partial charge >= 0.3 is 0 Å². The number of nitro groups is 1. The van der Waals surface area contributed by atoms with Crippen molar-refractivity contribution in [1.29, 1.82) is 0 Å². The molecule has 2 N–H and O–H groups in total. The Morgan fingerprint density at radius 2 is 1.75 bits per heavy atom. The Kier molecular flexibility index (Phi) is 5.94. The van der Waals surface area contributed by atoms with E-state index in [0.717, 1.165) is 29.2 Å². The van der Waals surface area contributed by atoms with Gasteiger partial charge in [-0.1, -0.05) is 12.1 Å². The number of aliphatic hydroxyl groups is 1. The van der Waals surface area contributed by atoms with Gasteiger partial charge in [-0.15, -0.1) is 11.8 Å². The van der Waals surface area contributed by atoms with E-state index in [1.165, 1.54) is 0 Å². The maximum absolute atomic E-state index is 12.2. The molecule has 7 nitrogen and oxygen atoms in total. The highest BCUT2D eigenvalue weighted by Crippen LogP contribution is 2.20. The highest BCUT2D eigenvalue weighted by Gasteiger charge is 2.18. The van der Waals surface area contributed by atoms with Gasteiger partial charge in [0.05, 0.1) is 15.9 Å². The molecule has 9 heteroatoms. The smallest absolute Gasteiger partial charge is 0.269 e. The predicted molar refractivity (Wildman–Crippen MR) is 91.5 cm³/mol. The van der Waals surface area contributed by atoms with E-state index in [1.54, 1.807) is 23.9 Å². The summed E-state index contributed by atoms with van der Waals surface area (Å²) in [6.07, 6.45) is 0.942. The molecule has 0 aliphatic carbocycles. The fraction of sp³-hybridized carbons (Fsp3) is 0.200. The van der Waals surface area contributed by atoms with Crippen molar-refractivity contribution in [2.75, 3.05) is 12.8 Å². The average Bonchev–Trinajstić information content (AvgIpc) is 2.60. The third kappa shape index (κ3) is 4.54. The molecular formula is C15H16N2O5S2. The normalized spacial score (nSPS) is 12.8. The van der Waals surface area contributed by atoms with E-state index in [-0.39, 0.29) is 17.1 Å². The molecule has 128 valence electrons. The number of nitrogens with zero attached hydrogens (tertiary/aromatic N) is 1. The van der Waals surface area contributed by atoms with E-state index < -0.39 is 21.1 Å². The molecule has 0 amide bonds. The van der Waals surface area contributed by atoms with Crippen molar-refractivity contribution >= 4 is 27.5 Å². The number of thioether (sulfide) groups is 1. The Morgan fingerprint density at radius 1 is 1.17 bits per heavy atom. The second-order valence-electron chi connectivity index (χ2n) is 4.89. The van der Waals surface area contributed by atoms with Gasteiger partial charge in [0.15, 0.2) is 0 Å². The minimum absolute atomic E-state index is 0.0990. The summed E-state index contributed by atoms with van der Waals surface area (Å²) < 4.78 is 26.6. The maximum atomic E-state index is 12.2. The molecule has 0 aromatic heterocycles. The molecule has 0 saturated carbocycles. The number of benzene rings is 2. The van der Waals surface area contributed by atoms with Crippen molar-refractivity contribution in [3.05, 3.63) is 64.2 Å². The van der Waals surface area contributed by atoms with Crippen molar-refractivity contribution in [3.63, 3.8) is 0 Å². The first-order chi connectivity index (χ1) is 11.3. The van der Waals surface area contributed by atoms with Crippen LogP contribution in [0, 0.1) is 10.1 Å². The minimum Gasteiger partial charge on any atom is -0.387 e. The summed E-state index contributed by atoms with van der Waals surface area (Å²) in [5, 5.41) is 20.7. The number of nitrogens with one attached hydrogen (secondary N) is 1. The summed E-state index contributed by atoms with van der Waals surface area (Å²) in [5.74, 6) is 0. The van der Waals surface area contributed by atoms with Crippen LogP contribution < -0.4 is 4.72 Å². The fourth-order valence-electron chi connectivity index (χ4n) is 1.96. The van der Waals surface area contributed by atoms with Gasteiger partial charge < -0.3 is 5.11 Å². The van der Waals surface area contributed by atoms with Gasteiger partial charge in [-0.3, -0.25) is 10.1 Å². The molecule has 1 atom stereocenters. The van der Waals surface area contributed by atoms with Gasteiger partial charge in [0.2, 0.25) is 10.0 Å². The van der Waals surface area contributed by atoms with Crippen molar-refractivity contribution in [2.45, 2.75) is 15.9 Å². The van der Waals surface area contributed by atoms with Crippen LogP contribution in [-0.4, -0.2) is 31.2 Å². The van der Waals surface area contributed by atoms with E-state index in [9.17, 15) is 23.6 Å². The first-order valence-corrected chi connectivity index (χ1v) is 9.60. The number of nitro benzene ring substituents is 1. The zero-order valence-electron chi connectivity index (χ0n) is 12.7. The quantitative estimate of drug-likeness (QED) is 0.441. The van der Waals surface area contributed by atoms with Crippen LogP contribution in [0.4, 0.5) is 5.69 Å². The monoisotopic (exact) mass is 368 g/mol. The molecule has 0 aliphatic heterocycles. The Bertz CT molecular complexity index is 805. The van der Waals surface area contributed by atoms with Gasteiger partial charge in [0, 0.05) is 23.6 Å². The summed E-state index contributed by atoms with van der Waals surface area (Å²) in [7, 11) is -3.86. The van der Waals surface area contributed by atoms with Gasteiger partial charge in [-0.25, -0.2) is 13.1 Å². The summed E-state index contributed by atoms with van der Waals surface area (Å²) >= 11 is 1.57. The lowest BCUT2D eigenvalue weighted by molar-refractivity contribution is -0.384. The molecule has 0 saturated heterocycles. The zero-order chi connectivity index (χ0) is 17.7. The molecule has 0 spiro atoms. The topological polar surface area (TPSA) is 110 Å². The molecule has 0 radical (unpaired) electrons. The molecule has 0 fully saturated rings. The number of aliphatic hydroxyl groups excluding tert-OH is 1. The van der Waals surface area contributed by atoms with Crippen molar-refractivity contribution < 1.29 is 18.4 Å². The van der Waals surface area contributed by atoms with Crippen LogP contribution in [0.5, 0.6) is 0 Å². The van der Waals surface area contributed by atoms with Crippen LogP contribution in [0.15, 0.2) is 58.3 Å². The number of hydrogen-bond donors (Lipinski definition) is 2. The van der Waals surface area contributed by atoms with Crippen molar-refractivity contribution in [3.8, 4) is 0 Å². The third-order valence-corrected chi connectivity index (χ3v) is 5.51. The van der Waals surface area contributed by atoms with Gasteiger partial charge in [0.1, 0.15) is 0 Å². The maximum Gasteiger partial charge on any atom is 0.269 e. The van der Waals surface area contributed by atoms with Crippen LogP contribution in [-0.2, 0) is 10.0 Å².